The summed E-state index contributed by atoms with van der Waals surface area (Å²) in [4.78, 5) is 11.5. The van der Waals surface area contributed by atoms with Gasteiger partial charge in [-0.05, 0) is 25.3 Å². The molecule has 88 valence electrons. The molecule has 1 fully saturated rings. The average Bonchev–Trinajstić information content (AvgIpc) is 2.64. The Bertz CT molecular complexity index is 186. The van der Waals surface area contributed by atoms with Gasteiger partial charge in [-0.2, -0.15) is 0 Å². The molecular formula is C12H24N2O. The second kappa shape index (κ2) is 6.83. The summed E-state index contributed by atoms with van der Waals surface area (Å²) in [6, 6.07) is 0.461. The highest BCUT2D eigenvalue weighted by Crippen LogP contribution is 2.17. The average molecular weight is 212 g/mol. The molecular weight excluding hydrogens is 188 g/mol. The summed E-state index contributed by atoms with van der Waals surface area (Å²) in [5, 5.41) is 6.37. The summed E-state index contributed by atoms with van der Waals surface area (Å²) in [6.07, 6.45) is 5.51. The molecule has 0 aromatic heterocycles. The molecule has 2 N–H and O–H groups in total. The van der Waals surface area contributed by atoms with Crippen molar-refractivity contribution in [2.75, 3.05) is 13.1 Å². The van der Waals surface area contributed by atoms with Crippen LogP contribution in [-0.4, -0.2) is 25.0 Å². The molecule has 0 saturated heterocycles. The highest BCUT2D eigenvalue weighted by Gasteiger charge is 2.16. The summed E-state index contributed by atoms with van der Waals surface area (Å²) in [5.74, 6) is 0.862. The van der Waals surface area contributed by atoms with Crippen LogP contribution < -0.4 is 10.6 Å². The van der Waals surface area contributed by atoms with Gasteiger partial charge >= 0.3 is 0 Å². The van der Waals surface area contributed by atoms with Crippen molar-refractivity contribution in [3.8, 4) is 0 Å². The summed E-state index contributed by atoms with van der Waals surface area (Å²) in [7, 11) is 0. The summed E-state index contributed by atoms with van der Waals surface area (Å²) in [5.41, 5.74) is 0. The zero-order valence-electron chi connectivity index (χ0n) is 10.0. The lowest BCUT2D eigenvalue weighted by Gasteiger charge is -2.12. The van der Waals surface area contributed by atoms with Crippen LogP contribution in [0.2, 0.25) is 0 Å². The predicted octanol–water partition coefficient (Wildman–Crippen LogP) is 1.68. The van der Waals surface area contributed by atoms with Crippen molar-refractivity contribution in [1.82, 2.24) is 10.6 Å². The van der Waals surface area contributed by atoms with Gasteiger partial charge in [0.05, 0.1) is 0 Å². The van der Waals surface area contributed by atoms with Crippen molar-refractivity contribution in [2.45, 2.75) is 52.0 Å². The van der Waals surface area contributed by atoms with Crippen LogP contribution in [0, 0.1) is 5.92 Å². The van der Waals surface area contributed by atoms with Gasteiger partial charge in [0.15, 0.2) is 0 Å². The van der Waals surface area contributed by atoms with E-state index in [0.29, 0.717) is 18.4 Å². The van der Waals surface area contributed by atoms with Crippen LogP contribution in [0.1, 0.15) is 46.0 Å². The van der Waals surface area contributed by atoms with Crippen LogP contribution in [0.25, 0.3) is 0 Å². The van der Waals surface area contributed by atoms with E-state index in [1.165, 1.54) is 25.7 Å². The standard InChI is InChI=1S/C12H24N2O/c1-10(2)9-13-8-7-12(15)14-11-5-3-4-6-11/h10-11,13H,3-9H2,1-2H3,(H,14,15). The maximum absolute atomic E-state index is 11.5. The van der Waals surface area contributed by atoms with E-state index in [1.807, 2.05) is 0 Å². The lowest BCUT2D eigenvalue weighted by atomic mass is 10.2. The zero-order valence-corrected chi connectivity index (χ0v) is 10.0. The molecule has 1 aliphatic rings. The maximum Gasteiger partial charge on any atom is 0.221 e. The molecule has 0 aromatic carbocycles. The van der Waals surface area contributed by atoms with E-state index in [2.05, 4.69) is 24.5 Å². The fraction of sp³-hybridized carbons (Fsp3) is 0.917. The molecule has 0 radical (unpaired) electrons. The first-order valence-corrected chi connectivity index (χ1v) is 6.18. The molecule has 0 atom stereocenters. The Hall–Kier alpha value is -0.570. The van der Waals surface area contributed by atoms with Gasteiger partial charge < -0.3 is 10.6 Å². The molecule has 1 amide bonds. The van der Waals surface area contributed by atoms with Crippen LogP contribution in [0.3, 0.4) is 0 Å². The van der Waals surface area contributed by atoms with E-state index in [1.54, 1.807) is 0 Å². The molecule has 15 heavy (non-hydrogen) atoms. The minimum absolute atomic E-state index is 0.207. The van der Waals surface area contributed by atoms with E-state index in [4.69, 9.17) is 0 Å². The highest BCUT2D eigenvalue weighted by molar-refractivity contribution is 5.76. The van der Waals surface area contributed by atoms with Crippen LogP contribution in [0.15, 0.2) is 0 Å². The molecule has 1 saturated carbocycles. The number of amides is 1. The third-order valence-electron chi connectivity index (χ3n) is 2.80. The Morgan fingerprint density at radius 3 is 2.60 bits per heavy atom. The maximum atomic E-state index is 11.5. The minimum Gasteiger partial charge on any atom is -0.353 e. The first-order chi connectivity index (χ1) is 7.18. The predicted molar refractivity (Wildman–Crippen MR) is 62.7 cm³/mol. The van der Waals surface area contributed by atoms with Gasteiger partial charge in [-0.1, -0.05) is 26.7 Å². The van der Waals surface area contributed by atoms with Crippen LogP contribution in [0.5, 0.6) is 0 Å². The summed E-state index contributed by atoms with van der Waals surface area (Å²) >= 11 is 0. The second-order valence-corrected chi connectivity index (χ2v) is 4.90. The highest BCUT2D eigenvalue weighted by atomic mass is 16.1. The molecule has 0 unspecified atom stereocenters. The number of rotatable bonds is 6. The van der Waals surface area contributed by atoms with Gasteiger partial charge in [-0.15, -0.1) is 0 Å². The van der Waals surface area contributed by atoms with Crippen molar-refractivity contribution in [2.24, 2.45) is 5.92 Å². The van der Waals surface area contributed by atoms with Gasteiger partial charge in [0, 0.05) is 19.0 Å². The Kier molecular flexibility index (Phi) is 5.69. The van der Waals surface area contributed by atoms with Crippen LogP contribution in [-0.2, 0) is 4.79 Å². The summed E-state index contributed by atoms with van der Waals surface area (Å²) < 4.78 is 0. The Morgan fingerprint density at radius 1 is 1.33 bits per heavy atom. The van der Waals surface area contributed by atoms with Crippen molar-refractivity contribution < 1.29 is 4.79 Å². The number of hydrogen-bond acceptors (Lipinski definition) is 2. The van der Waals surface area contributed by atoms with Crippen LogP contribution >= 0.6 is 0 Å². The van der Waals surface area contributed by atoms with E-state index >= 15 is 0 Å². The fourth-order valence-electron chi connectivity index (χ4n) is 1.96. The normalized spacial score (nSPS) is 17.3. The van der Waals surface area contributed by atoms with E-state index in [9.17, 15) is 4.79 Å². The number of hydrogen-bond donors (Lipinski definition) is 2. The molecule has 0 heterocycles. The molecule has 0 aliphatic heterocycles. The monoisotopic (exact) mass is 212 g/mol. The third kappa shape index (κ3) is 5.78. The molecule has 0 aromatic rings. The van der Waals surface area contributed by atoms with Gasteiger partial charge in [0.2, 0.25) is 5.91 Å². The van der Waals surface area contributed by atoms with Gasteiger partial charge in [-0.25, -0.2) is 0 Å². The van der Waals surface area contributed by atoms with Gasteiger partial charge in [0.1, 0.15) is 0 Å². The van der Waals surface area contributed by atoms with Crippen LogP contribution in [0.4, 0.5) is 0 Å². The lowest BCUT2D eigenvalue weighted by molar-refractivity contribution is -0.121. The lowest BCUT2D eigenvalue weighted by Crippen LogP contribution is -2.35. The fourth-order valence-corrected chi connectivity index (χ4v) is 1.96. The molecule has 3 nitrogen and oxygen atoms in total. The van der Waals surface area contributed by atoms with Crippen molar-refractivity contribution in [1.29, 1.82) is 0 Å². The molecule has 3 heteroatoms. The third-order valence-corrected chi connectivity index (χ3v) is 2.80. The quantitative estimate of drug-likeness (QED) is 0.658. The van der Waals surface area contributed by atoms with Gasteiger partial charge in [0.25, 0.3) is 0 Å². The Balaban J connectivity index is 1.98. The number of nitrogens with one attached hydrogen (secondary N) is 2. The van der Waals surface area contributed by atoms with E-state index < -0.39 is 0 Å². The number of carbonyl (C=O) groups is 1. The summed E-state index contributed by atoms with van der Waals surface area (Å²) in [6.45, 7) is 6.14. The zero-order chi connectivity index (χ0) is 11.1. The van der Waals surface area contributed by atoms with Gasteiger partial charge in [-0.3, -0.25) is 4.79 Å². The van der Waals surface area contributed by atoms with E-state index in [-0.39, 0.29) is 5.91 Å². The van der Waals surface area contributed by atoms with Crippen molar-refractivity contribution in [3.05, 3.63) is 0 Å². The topological polar surface area (TPSA) is 41.1 Å². The van der Waals surface area contributed by atoms with Crippen molar-refractivity contribution >= 4 is 5.91 Å². The molecule has 0 bridgehead atoms. The molecule has 1 rings (SSSR count). The minimum atomic E-state index is 0.207. The molecule has 1 aliphatic carbocycles. The number of carbonyl (C=O) groups excluding carboxylic acids is 1. The first-order valence-electron chi connectivity index (χ1n) is 6.18. The SMILES string of the molecule is CC(C)CNCCC(=O)NC1CCCC1. The largest absolute Gasteiger partial charge is 0.353 e. The smallest absolute Gasteiger partial charge is 0.221 e. The Labute approximate surface area is 93.0 Å². The van der Waals surface area contributed by atoms with E-state index in [0.717, 1.165) is 13.1 Å². The first kappa shape index (κ1) is 12.5. The van der Waals surface area contributed by atoms with Crippen molar-refractivity contribution in [3.63, 3.8) is 0 Å². The Morgan fingerprint density at radius 2 is 2.00 bits per heavy atom. The second-order valence-electron chi connectivity index (χ2n) is 4.90. The molecule has 0 spiro atoms.